The standard InChI is InChI=1S/C18H25N3/c1-14-10-15(2)12-17(11-14)20-18-7-4-3-6-16(18)13-21-9-5-8-19-21/h3-9,14-15,17,20H,10-13H2,1-2H3. The molecule has 0 amide bonds. The smallest absolute Gasteiger partial charge is 0.0679 e. The summed E-state index contributed by atoms with van der Waals surface area (Å²) in [7, 11) is 0. The summed E-state index contributed by atoms with van der Waals surface area (Å²) in [5.41, 5.74) is 2.58. The second kappa shape index (κ2) is 6.33. The average Bonchev–Trinajstić information content (AvgIpc) is 2.93. The van der Waals surface area contributed by atoms with Gasteiger partial charge in [-0.05, 0) is 48.8 Å². The van der Waals surface area contributed by atoms with Crippen LogP contribution in [-0.4, -0.2) is 15.8 Å². The molecule has 1 heterocycles. The van der Waals surface area contributed by atoms with Crippen LogP contribution in [0.4, 0.5) is 5.69 Å². The summed E-state index contributed by atoms with van der Waals surface area (Å²) in [6.07, 6.45) is 7.77. The van der Waals surface area contributed by atoms with Crippen molar-refractivity contribution in [3.63, 3.8) is 0 Å². The molecule has 2 unspecified atom stereocenters. The average molecular weight is 283 g/mol. The van der Waals surface area contributed by atoms with Crippen molar-refractivity contribution >= 4 is 5.69 Å². The van der Waals surface area contributed by atoms with Crippen LogP contribution in [0.15, 0.2) is 42.7 Å². The van der Waals surface area contributed by atoms with Gasteiger partial charge in [0.05, 0.1) is 6.54 Å². The Balaban J connectivity index is 1.73. The fourth-order valence-corrected chi connectivity index (χ4v) is 3.65. The third kappa shape index (κ3) is 3.66. The van der Waals surface area contributed by atoms with Gasteiger partial charge < -0.3 is 5.32 Å². The van der Waals surface area contributed by atoms with Crippen LogP contribution >= 0.6 is 0 Å². The number of nitrogens with one attached hydrogen (secondary N) is 1. The van der Waals surface area contributed by atoms with E-state index in [0.29, 0.717) is 6.04 Å². The van der Waals surface area contributed by atoms with Gasteiger partial charge in [0, 0.05) is 24.1 Å². The van der Waals surface area contributed by atoms with Gasteiger partial charge in [0.15, 0.2) is 0 Å². The van der Waals surface area contributed by atoms with E-state index in [4.69, 9.17) is 0 Å². The van der Waals surface area contributed by atoms with Crippen LogP contribution in [0.5, 0.6) is 0 Å². The SMILES string of the molecule is CC1CC(C)CC(Nc2ccccc2Cn2cccn2)C1. The molecule has 2 atom stereocenters. The number of nitrogens with zero attached hydrogens (tertiary/aromatic N) is 2. The summed E-state index contributed by atoms with van der Waals surface area (Å²) in [4.78, 5) is 0. The summed E-state index contributed by atoms with van der Waals surface area (Å²) in [5.74, 6) is 1.65. The lowest BCUT2D eigenvalue weighted by Crippen LogP contribution is -2.30. The van der Waals surface area contributed by atoms with Crippen LogP contribution in [0.3, 0.4) is 0 Å². The quantitative estimate of drug-likeness (QED) is 0.912. The first-order valence-electron chi connectivity index (χ1n) is 8.02. The molecule has 3 rings (SSSR count). The van der Waals surface area contributed by atoms with Gasteiger partial charge in [-0.15, -0.1) is 0 Å². The molecule has 3 nitrogen and oxygen atoms in total. The molecule has 1 aromatic carbocycles. The molecular weight excluding hydrogens is 258 g/mol. The van der Waals surface area contributed by atoms with Crippen LogP contribution in [0.1, 0.15) is 38.7 Å². The van der Waals surface area contributed by atoms with Crippen LogP contribution in [0.25, 0.3) is 0 Å². The molecule has 1 aliphatic carbocycles. The maximum atomic E-state index is 4.31. The lowest BCUT2D eigenvalue weighted by Gasteiger charge is -2.33. The van der Waals surface area contributed by atoms with E-state index in [1.54, 1.807) is 0 Å². The molecule has 112 valence electrons. The molecule has 1 aliphatic rings. The predicted octanol–water partition coefficient (Wildman–Crippen LogP) is 4.17. The number of benzene rings is 1. The van der Waals surface area contributed by atoms with Crippen molar-refractivity contribution in [2.75, 3.05) is 5.32 Å². The minimum atomic E-state index is 0.600. The van der Waals surface area contributed by atoms with Crippen molar-refractivity contribution in [1.82, 2.24) is 9.78 Å². The van der Waals surface area contributed by atoms with Crippen molar-refractivity contribution in [3.8, 4) is 0 Å². The van der Waals surface area contributed by atoms with E-state index in [9.17, 15) is 0 Å². The summed E-state index contributed by atoms with van der Waals surface area (Å²) in [6.45, 7) is 5.58. The van der Waals surface area contributed by atoms with Gasteiger partial charge in [0.2, 0.25) is 0 Å². The van der Waals surface area contributed by atoms with Crippen molar-refractivity contribution in [1.29, 1.82) is 0 Å². The predicted molar refractivity (Wildman–Crippen MR) is 87.4 cm³/mol. The third-order valence-corrected chi connectivity index (χ3v) is 4.45. The summed E-state index contributed by atoms with van der Waals surface area (Å²) >= 11 is 0. The van der Waals surface area contributed by atoms with Crippen molar-refractivity contribution < 1.29 is 0 Å². The molecule has 1 N–H and O–H groups in total. The topological polar surface area (TPSA) is 29.9 Å². The van der Waals surface area contributed by atoms with E-state index in [2.05, 4.69) is 48.5 Å². The lowest BCUT2D eigenvalue weighted by molar-refractivity contribution is 0.280. The minimum absolute atomic E-state index is 0.600. The molecule has 0 spiro atoms. The molecule has 0 radical (unpaired) electrons. The molecule has 0 aliphatic heterocycles. The first-order valence-corrected chi connectivity index (χ1v) is 8.02. The Bertz CT molecular complexity index is 552. The summed E-state index contributed by atoms with van der Waals surface area (Å²) < 4.78 is 1.98. The van der Waals surface area contributed by atoms with Crippen LogP contribution in [0.2, 0.25) is 0 Å². The second-order valence-electron chi connectivity index (χ2n) is 6.62. The van der Waals surface area contributed by atoms with E-state index in [1.165, 1.54) is 30.5 Å². The molecule has 3 heteroatoms. The number of anilines is 1. The molecule has 0 bridgehead atoms. The summed E-state index contributed by atoms with van der Waals surface area (Å²) in [6, 6.07) is 11.2. The highest BCUT2D eigenvalue weighted by Gasteiger charge is 2.24. The highest BCUT2D eigenvalue weighted by atomic mass is 15.3. The normalized spacial score (nSPS) is 25.7. The highest BCUT2D eigenvalue weighted by Crippen LogP contribution is 2.31. The van der Waals surface area contributed by atoms with E-state index in [-0.39, 0.29) is 0 Å². The number of hydrogen-bond acceptors (Lipinski definition) is 2. The van der Waals surface area contributed by atoms with Crippen molar-refractivity contribution in [3.05, 3.63) is 48.3 Å². The van der Waals surface area contributed by atoms with E-state index >= 15 is 0 Å². The zero-order valence-corrected chi connectivity index (χ0v) is 13.0. The third-order valence-electron chi connectivity index (χ3n) is 4.45. The van der Waals surface area contributed by atoms with Crippen LogP contribution < -0.4 is 5.32 Å². The Morgan fingerprint density at radius 1 is 1.10 bits per heavy atom. The van der Waals surface area contributed by atoms with E-state index in [1.807, 2.05) is 23.1 Å². The van der Waals surface area contributed by atoms with E-state index < -0.39 is 0 Å². The maximum Gasteiger partial charge on any atom is 0.0679 e. The lowest BCUT2D eigenvalue weighted by atomic mass is 9.80. The Morgan fingerprint density at radius 3 is 2.57 bits per heavy atom. The van der Waals surface area contributed by atoms with Crippen LogP contribution in [0, 0.1) is 11.8 Å². The van der Waals surface area contributed by atoms with Gasteiger partial charge in [-0.2, -0.15) is 5.10 Å². The molecule has 2 aromatic rings. The zero-order chi connectivity index (χ0) is 14.7. The van der Waals surface area contributed by atoms with Crippen molar-refractivity contribution in [2.24, 2.45) is 11.8 Å². The number of rotatable bonds is 4. The van der Waals surface area contributed by atoms with Gasteiger partial charge in [0.25, 0.3) is 0 Å². The maximum absolute atomic E-state index is 4.31. The zero-order valence-electron chi connectivity index (χ0n) is 13.0. The van der Waals surface area contributed by atoms with Gasteiger partial charge in [-0.3, -0.25) is 4.68 Å². The first-order chi connectivity index (χ1) is 10.2. The Hall–Kier alpha value is -1.77. The number of aromatic nitrogens is 2. The number of para-hydroxylation sites is 1. The van der Waals surface area contributed by atoms with Crippen molar-refractivity contribution in [2.45, 2.75) is 45.7 Å². The second-order valence-corrected chi connectivity index (χ2v) is 6.62. The fourth-order valence-electron chi connectivity index (χ4n) is 3.65. The first kappa shape index (κ1) is 14.2. The highest BCUT2D eigenvalue weighted by molar-refractivity contribution is 5.52. The number of hydrogen-bond donors (Lipinski definition) is 1. The molecule has 1 saturated carbocycles. The Kier molecular flexibility index (Phi) is 4.28. The van der Waals surface area contributed by atoms with Gasteiger partial charge in [0.1, 0.15) is 0 Å². The monoisotopic (exact) mass is 283 g/mol. The van der Waals surface area contributed by atoms with Gasteiger partial charge >= 0.3 is 0 Å². The fraction of sp³-hybridized carbons (Fsp3) is 0.500. The molecular formula is C18H25N3. The van der Waals surface area contributed by atoms with Gasteiger partial charge in [-0.25, -0.2) is 0 Å². The largest absolute Gasteiger partial charge is 0.382 e. The molecule has 1 fully saturated rings. The Morgan fingerprint density at radius 2 is 1.86 bits per heavy atom. The Labute approximate surface area is 127 Å². The molecule has 1 aromatic heterocycles. The van der Waals surface area contributed by atoms with Crippen LogP contribution in [-0.2, 0) is 6.54 Å². The summed E-state index contributed by atoms with van der Waals surface area (Å²) in [5, 5.41) is 8.09. The molecule has 21 heavy (non-hydrogen) atoms. The van der Waals surface area contributed by atoms with E-state index in [0.717, 1.165) is 18.4 Å². The van der Waals surface area contributed by atoms with Gasteiger partial charge in [-0.1, -0.05) is 32.0 Å². The minimum Gasteiger partial charge on any atom is -0.382 e. The molecule has 0 saturated heterocycles.